The zero-order valence-corrected chi connectivity index (χ0v) is 8.90. The van der Waals surface area contributed by atoms with Crippen molar-refractivity contribution < 1.29 is 14.6 Å². The normalized spacial score (nSPS) is 49.1. The average Bonchev–Trinajstić information content (AvgIpc) is 2.60. The van der Waals surface area contributed by atoms with Crippen LogP contribution in [0.1, 0.15) is 26.2 Å². The lowest BCUT2D eigenvalue weighted by molar-refractivity contribution is -0.138. The van der Waals surface area contributed by atoms with Crippen LogP contribution in [0, 0.1) is 23.2 Å². The summed E-state index contributed by atoms with van der Waals surface area (Å²) in [6.45, 7) is 5.69. The predicted molar refractivity (Wildman–Crippen MR) is 54.1 cm³/mol. The molecule has 5 atom stereocenters. The van der Waals surface area contributed by atoms with Gasteiger partial charge in [0.05, 0.1) is 0 Å². The van der Waals surface area contributed by atoms with Gasteiger partial charge in [-0.2, -0.15) is 0 Å². The Hall–Kier alpha value is -0.990. The number of carboxylic acid groups (broad SMARTS) is 1. The summed E-state index contributed by atoms with van der Waals surface area (Å²) >= 11 is 0. The second-order valence-corrected chi connectivity index (χ2v) is 5.23. The topological polar surface area (TPSA) is 46.5 Å². The maximum absolute atomic E-state index is 10.7. The first kappa shape index (κ1) is 9.25. The van der Waals surface area contributed by atoms with Gasteiger partial charge in [-0.1, -0.05) is 6.92 Å². The van der Waals surface area contributed by atoms with Crippen LogP contribution in [0.4, 0.5) is 0 Å². The Morgan fingerprint density at radius 1 is 1.67 bits per heavy atom. The molecule has 0 aromatic rings. The van der Waals surface area contributed by atoms with Gasteiger partial charge in [-0.15, -0.1) is 0 Å². The maximum atomic E-state index is 10.7. The molecule has 0 aromatic carbocycles. The van der Waals surface area contributed by atoms with E-state index in [2.05, 4.69) is 13.5 Å². The Morgan fingerprint density at radius 3 is 2.87 bits per heavy atom. The molecule has 15 heavy (non-hydrogen) atoms. The monoisotopic (exact) mass is 208 g/mol. The lowest BCUT2D eigenvalue weighted by Gasteiger charge is -2.16. The van der Waals surface area contributed by atoms with Crippen LogP contribution >= 0.6 is 0 Å². The summed E-state index contributed by atoms with van der Waals surface area (Å²) in [5.74, 6) is 0.935. The molecule has 0 saturated heterocycles. The quantitative estimate of drug-likeness (QED) is 0.568. The lowest BCUT2D eigenvalue weighted by atomic mass is 10.0. The number of rotatable bonds is 4. The number of aliphatic carboxylic acids is 1. The van der Waals surface area contributed by atoms with Crippen molar-refractivity contribution in [1.82, 2.24) is 0 Å². The summed E-state index contributed by atoms with van der Waals surface area (Å²) in [5.41, 5.74) is 0.522. The first-order chi connectivity index (χ1) is 7.10. The fourth-order valence-electron chi connectivity index (χ4n) is 4.30. The van der Waals surface area contributed by atoms with E-state index in [0.29, 0.717) is 17.3 Å². The summed E-state index contributed by atoms with van der Waals surface area (Å²) in [6, 6.07) is 0. The highest BCUT2D eigenvalue weighted by Gasteiger charge is 2.78. The molecule has 0 amide bonds. The molecule has 4 saturated carbocycles. The highest BCUT2D eigenvalue weighted by atomic mass is 16.5. The van der Waals surface area contributed by atoms with Crippen LogP contribution in [0.25, 0.3) is 0 Å². The Labute approximate surface area is 89.1 Å². The van der Waals surface area contributed by atoms with Gasteiger partial charge in [-0.3, -0.25) is 0 Å². The molecule has 4 aliphatic carbocycles. The molecule has 82 valence electrons. The largest absolute Gasteiger partial charge is 0.483 e. The number of ether oxygens (including phenoxy) is 1. The van der Waals surface area contributed by atoms with E-state index in [1.54, 1.807) is 0 Å². The zero-order chi connectivity index (χ0) is 10.8. The molecule has 1 N–H and O–H groups in total. The minimum atomic E-state index is -1.03. The van der Waals surface area contributed by atoms with Crippen molar-refractivity contribution in [1.29, 1.82) is 0 Å². The van der Waals surface area contributed by atoms with E-state index < -0.39 is 5.97 Å². The van der Waals surface area contributed by atoms with Crippen LogP contribution in [-0.2, 0) is 9.53 Å². The van der Waals surface area contributed by atoms with Crippen LogP contribution in [0.15, 0.2) is 12.3 Å². The van der Waals surface area contributed by atoms with Gasteiger partial charge in [0.25, 0.3) is 0 Å². The second-order valence-electron chi connectivity index (χ2n) is 5.23. The molecule has 5 unspecified atom stereocenters. The van der Waals surface area contributed by atoms with Crippen LogP contribution in [-0.4, -0.2) is 17.2 Å². The number of carboxylic acids is 1. The van der Waals surface area contributed by atoms with Crippen molar-refractivity contribution in [2.24, 2.45) is 23.2 Å². The summed E-state index contributed by atoms with van der Waals surface area (Å²) in [6.07, 6.45) is 3.86. The Bertz CT molecular complexity index is 349. The highest BCUT2D eigenvalue weighted by Crippen LogP contribution is 2.81. The standard InChI is InChI=1S/C12H16O3/c1-3-12-5-7-4-8(12)9(12)10(7)15-6(2)11(13)14/h7-10H,2-5H2,1H3,(H,13,14). The second kappa shape index (κ2) is 2.57. The molecule has 0 aromatic heterocycles. The van der Waals surface area contributed by atoms with Gasteiger partial charge < -0.3 is 9.84 Å². The third-order valence-electron chi connectivity index (χ3n) is 4.92. The van der Waals surface area contributed by atoms with Crippen LogP contribution in [0.5, 0.6) is 0 Å². The van der Waals surface area contributed by atoms with E-state index in [-0.39, 0.29) is 11.9 Å². The van der Waals surface area contributed by atoms with E-state index in [1.165, 1.54) is 19.3 Å². The number of hydrogen-bond acceptors (Lipinski definition) is 2. The minimum Gasteiger partial charge on any atom is -0.483 e. The molecule has 4 aliphatic rings. The molecule has 3 nitrogen and oxygen atoms in total. The Balaban J connectivity index is 1.72. The van der Waals surface area contributed by atoms with E-state index in [9.17, 15) is 4.79 Å². The minimum absolute atomic E-state index is 0.0792. The number of hydrogen-bond donors (Lipinski definition) is 1. The highest BCUT2D eigenvalue weighted by molar-refractivity contribution is 5.83. The van der Waals surface area contributed by atoms with Crippen molar-refractivity contribution in [3.63, 3.8) is 0 Å². The molecule has 0 aliphatic heterocycles. The smallest absolute Gasteiger partial charge is 0.370 e. The van der Waals surface area contributed by atoms with Crippen LogP contribution in [0.2, 0.25) is 0 Å². The summed E-state index contributed by atoms with van der Waals surface area (Å²) < 4.78 is 5.51. The fraction of sp³-hybridized carbons (Fsp3) is 0.750. The van der Waals surface area contributed by atoms with Gasteiger partial charge in [0.15, 0.2) is 5.76 Å². The zero-order valence-electron chi connectivity index (χ0n) is 8.90. The predicted octanol–water partition coefficient (Wildman–Crippen LogP) is 2.04. The van der Waals surface area contributed by atoms with E-state index in [0.717, 1.165) is 5.92 Å². The fourth-order valence-corrected chi connectivity index (χ4v) is 4.30. The van der Waals surface area contributed by atoms with Gasteiger partial charge in [-0.05, 0) is 43.1 Å². The van der Waals surface area contributed by atoms with Crippen molar-refractivity contribution in [2.75, 3.05) is 0 Å². The Morgan fingerprint density at radius 2 is 2.40 bits per heavy atom. The van der Waals surface area contributed by atoms with Gasteiger partial charge in [0.1, 0.15) is 6.10 Å². The first-order valence-corrected chi connectivity index (χ1v) is 5.69. The van der Waals surface area contributed by atoms with E-state index >= 15 is 0 Å². The maximum Gasteiger partial charge on any atom is 0.370 e. The van der Waals surface area contributed by atoms with Crippen LogP contribution < -0.4 is 0 Å². The van der Waals surface area contributed by atoms with Crippen molar-refractivity contribution in [2.45, 2.75) is 32.3 Å². The SMILES string of the molecule is C=C(OC1C2CC3C1C3(CC)C2)C(=O)O. The summed E-state index contributed by atoms with van der Waals surface area (Å²) in [7, 11) is 0. The van der Waals surface area contributed by atoms with Gasteiger partial charge in [0, 0.05) is 5.92 Å². The third-order valence-corrected chi connectivity index (χ3v) is 4.92. The average molecular weight is 208 g/mol. The first-order valence-electron chi connectivity index (χ1n) is 5.69. The third kappa shape index (κ3) is 0.938. The molecule has 0 spiro atoms. The van der Waals surface area contributed by atoms with E-state index in [4.69, 9.17) is 9.84 Å². The van der Waals surface area contributed by atoms with Gasteiger partial charge in [0.2, 0.25) is 0 Å². The molecule has 4 fully saturated rings. The molecule has 3 heteroatoms. The van der Waals surface area contributed by atoms with Gasteiger partial charge in [-0.25, -0.2) is 4.79 Å². The van der Waals surface area contributed by atoms with Crippen molar-refractivity contribution in [3.8, 4) is 0 Å². The molecular weight excluding hydrogens is 192 g/mol. The number of carbonyl (C=O) groups is 1. The van der Waals surface area contributed by atoms with Crippen molar-refractivity contribution >= 4 is 5.97 Å². The molecular formula is C12H16O3. The van der Waals surface area contributed by atoms with E-state index in [1.807, 2.05) is 0 Å². The summed E-state index contributed by atoms with van der Waals surface area (Å²) in [4.78, 5) is 10.7. The van der Waals surface area contributed by atoms with Crippen molar-refractivity contribution in [3.05, 3.63) is 12.3 Å². The summed E-state index contributed by atoms with van der Waals surface area (Å²) in [5, 5.41) is 8.74. The van der Waals surface area contributed by atoms with Crippen LogP contribution in [0.3, 0.4) is 0 Å². The lowest BCUT2D eigenvalue weighted by Crippen LogP contribution is -2.19. The molecule has 0 heterocycles. The van der Waals surface area contributed by atoms with Gasteiger partial charge >= 0.3 is 5.97 Å². The Kier molecular flexibility index (Phi) is 1.59. The molecule has 4 rings (SSSR count). The molecule has 4 bridgehead atoms. The molecule has 0 radical (unpaired) electrons.